The normalized spacial score (nSPS) is 18.2. The number of hydrogen-bond acceptors (Lipinski definition) is 3. The van der Waals surface area contributed by atoms with Gasteiger partial charge in [0.25, 0.3) is 0 Å². The Labute approximate surface area is 122 Å². The van der Waals surface area contributed by atoms with Crippen molar-refractivity contribution in [3.05, 3.63) is 35.9 Å². The van der Waals surface area contributed by atoms with Crippen molar-refractivity contribution in [1.29, 1.82) is 0 Å². The van der Waals surface area contributed by atoms with E-state index in [2.05, 4.69) is 16.5 Å². The topological polar surface area (TPSA) is 49.4 Å². The molecule has 0 radical (unpaired) electrons. The number of nitrogens with zero attached hydrogens (tertiary/aromatic N) is 1. The van der Waals surface area contributed by atoms with Crippen molar-refractivity contribution in [2.24, 2.45) is 0 Å². The number of benzene rings is 1. The van der Waals surface area contributed by atoms with E-state index in [0.29, 0.717) is 13.0 Å². The second kappa shape index (κ2) is 7.20. The largest absolute Gasteiger partial charge is 0.299 e. The highest BCUT2D eigenvalue weighted by Crippen LogP contribution is 2.11. The summed E-state index contributed by atoms with van der Waals surface area (Å²) in [7, 11) is -3.18. The van der Waals surface area contributed by atoms with E-state index in [1.165, 1.54) is 12.8 Å². The molecule has 1 heterocycles. The van der Waals surface area contributed by atoms with Crippen LogP contribution in [-0.4, -0.2) is 44.7 Å². The lowest BCUT2D eigenvalue weighted by Gasteiger charge is -2.23. The van der Waals surface area contributed by atoms with Gasteiger partial charge in [0.15, 0.2) is 0 Å². The summed E-state index contributed by atoms with van der Waals surface area (Å²) in [5.41, 5.74) is 1.06. The Morgan fingerprint density at radius 2 is 1.85 bits per heavy atom. The van der Waals surface area contributed by atoms with Crippen molar-refractivity contribution in [2.45, 2.75) is 32.2 Å². The standard InChI is InChI=1S/C15H24N2O2S/c1-14(17-10-5-6-11-17)13-16-20(18,19)12-9-15-7-3-2-4-8-15/h2-4,7-8,14,16H,5-6,9-13H2,1H3. The van der Waals surface area contributed by atoms with E-state index >= 15 is 0 Å². The fourth-order valence-electron chi connectivity index (χ4n) is 2.53. The highest BCUT2D eigenvalue weighted by molar-refractivity contribution is 7.89. The van der Waals surface area contributed by atoms with Crippen LogP contribution < -0.4 is 4.72 Å². The summed E-state index contributed by atoms with van der Waals surface area (Å²) in [6, 6.07) is 10.0. The van der Waals surface area contributed by atoms with E-state index in [9.17, 15) is 8.42 Å². The SMILES string of the molecule is CC(CNS(=O)(=O)CCc1ccccc1)N1CCCC1. The minimum Gasteiger partial charge on any atom is -0.299 e. The molecule has 1 aromatic carbocycles. The molecule has 0 bridgehead atoms. The van der Waals surface area contributed by atoms with Crippen molar-refractivity contribution in [2.75, 3.05) is 25.4 Å². The lowest BCUT2D eigenvalue weighted by molar-refractivity contribution is 0.260. The van der Waals surface area contributed by atoms with Gasteiger partial charge in [0.2, 0.25) is 10.0 Å². The zero-order chi connectivity index (χ0) is 14.4. The van der Waals surface area contributed by atoms with Gasteiger partial charge < -0.3 is 0 Å². The van der Waals surface area contributed by atoms with Gasteiger partial charge in [0.05, 0.1) is 5.75 Å². The molecular formula is C15H24N2O2S. The summed E-state index contributed by atoms with van der Waals surface area (Å²) >= 11 is 0. The van der Waals surface area contributed by atoms with Crippen LogP contribution in [0.25, 0.3) is 0 Å². The van der Waals surface area contributed by atoms with Gasteiger partial charge in [-0.25, -0.2) is 13.1 Å². The van der Waals surface area contributed by atoms with Crippen LogP contribution in [0.2, 0.25) is 0 Å². The van der Waals surface area contributed by atoms with Crippen LogP contribution in [0, 0.1) is 0 Å². The Kier molecular flexibility index (Phi) is 5.57. The predicted octanol–water partition coefficient (Wildman–Crippen LogP) is 1.63. The summed E-state index contributed by atoms with van der Waals surface area (Å²) in [6.45, 7) is 4.78. The average Bonchev–Trinajstić information content (AvgIpc) is 2.98. The third-order valence-electron chi connectivity index (χ3n) is 3.86. The molecule has 1 aromatic rings. The number of sulfonamides is 1. The lowest BCUT2D eigenvalue weighted by Crippen LogP contribution is -2.41. The molecule has 20 heavy (non-hydrogen) atoms. The van der Waals surface area contributed by atoms with Gasteiger partial charge in [-0.2, -0.15) is 0 Å². The Bertz CT molecular complexity index is 496. The molecule has 1 saturated heterocycles. The smallest absolute Gasteiger partial charge is 0.211 e. The first-order chi connectivity index (χ1) is 9.57. The summed E-state index contributed by atoms with van der Waals surface area (Å²) in [5, 5.41) is 0. The van der Waals surface area contributed by atoms with E-state index in [-0.39, 0.29) is 11.8 Å². The molecule has 0 aliphatic carbocycles. The van der Waals surface area contributed by atoms with Crippen LogP contribution in [0.3, 0.4) is 0 Å². The molecule has 0 amide bonds. The third-order valence-corrected chi connectivity index (χ3v) is 5.21. The number of nitrogens with one attached hydrogen (secondary N) is 1. The molecular weight excluding hydrogens is 272 g/mol. The summed E-state index contributed by atoms with van der Waals surface area (Å²) in [5.74, 6) is 0.156. The Morgan fingerprint density at radius 3 is 2.50 bits per heavy atom. The summed E-state index contributed by atoms with van der Waals surface area (Å²) in [4.78, 5) is 2.35. The number of likely N-dealkylation sites (tertiary alicyclic amines) is 1. The molecule has 2 rings (SSSR count). The minimum absolute atomic E-state index is 0.156. The zero-order valence-corrected chi connectivity index (χ0v) is 12.9. The van der Waals surface area contributed by atoms with E-state index in [1.807, 2.05) is 30.3 Å². The Hall–Kier alpha value is -0.910. The molecule has 0 aromatic heterocycles. The first kappa shape index (κ1) is 15.5. The van der Waals surface area contributed by atoms with E-state index in [4.69, 9.17) is 0 Å². The third kappa shape index (κ3) is 4.89. The van der Waals surface area contributed by atoms with Crippen molar-refractivity contribution in [3.8, 4) is 0 Å². The zero-order valence-electron chi connectivity index (χ0n) is 12.1. The molecule has 1 atom stereocenters. The maximum absolute atomic E-state index is 12.0. The molecule has 1 aliphatic rings. The van der Waals surface area contributed by atoms with Crippen molar-refractivity contribution < 1.29 is 8.42 Å². The molecule has 5 heteroatoms. The molecule has 1 fully saturated rings. The quantitative estimate of drug-likeness (QED) is 0.832. The molecule has 112 valence electrons. The average molecular weight is 296 g/mol. The van der Waals surface area contributed by atoms with Crippen molar-refractivity contribution in [1.82, 2.24) is 9.62 Å². The van der Waals surface area contributed by atoms with Gasteiger partial charge >= 0.3 is 0 Å². The predicted molar refractivity (Wildman–Crippen MR) is 82.2 cm³/mol. The molecule has 0 saturated carbocycles. The molecule has 0 spiro atoms. The monoisotopic (exact) mass is 296 g/mol. The van der Waals surface area contributed by atoms with E-state index < -0.39 is 10.0 Å². The van der Waals surface area contributed by atoms with Crippen LogP contribution in [0.4, 0.5) is 0 Å². The highest BCUT2D eigenvalue weighted by Gasteiger charge is 2.19. The molecule has 1 unspecified atom stereocenters. The van der Waals surface area contributed by atoms with Gasteiger partial charge in [-0.15, -0.1) is 0 Å². The fourth-order valence-corrected chi connectivity index (χ4v) is 3.67. The number of aryl methyl sites for hydroxylation is 1. The van der Waals surface area contributed by atoms with Crippen LogP contribution >= 0.6 is 0 Å². The van der Waals surface area contributed by atoms with E-state index in [0.717, 1.165) is 18.7 Å². The van der Waals surface area contributed by atoms with Gasteiger partial charge in [-0.1, -0.05) is 30.3 Å². The highest BCUT2D eigenvalue weighted by atomic mass is 32.2. The second-order valence-electron chi connectivity index (χ2n) is 5.50. The maximum atomic E-state index is 12.0. The van der Waals surface area contributed by atoms with Crippen LogP contribution in [-0.2, 0) is 16.4 Å². The van der Waals surface area contributed by atoms with Crippen molar-refractivity contribution in [3.63, 3.8) is 0 Å². The first-order valence-electron chi connectivity index (χ1n) is 7.32. The minimum atomic E-state index is -3.18. The van der Waals surface area contributed by atoms with Gasteiger partial charge in [-0.05, 0) is 44.8 Å². The number of rotatable bonds is 7. The van der Waals surface area contributed by atoms with Crippen LogP contribution in [0.1, 0.15) is 25.3 Å². The van der Waals surface area contributed by atoms with Gasteiger partial charge in [-0.3, -0.25) is 4.90 Å². The number of hydrogen-bond donors (Lipinski definition) is 1. The Balaban J connectivity index is 1.76. The van der Waals surface area contributed by atoms with Gasteiger partial charge in [0.1, 0.15) is 0 Å². The molecule has 4 nitrogen and oxygen atoms in total. The summed E-state index contributed by atoms with van der Waals surface area (Å²) in [6.07, 6.45) is 3.02. The maximum Gasteiger partial charge on any atom is 0.211 e. The van der Waals surface area contributed by atoms with Crippen LogP contribution in [0.5, 0.6) is 0 Å². The van der Waals surface area contributed by atoms with Gasteiger partial charge in [0, 0.05) is 12.6 Å². The fraction of sp³-hybridized carbons (Fsp3) is 0.600. The first-order valence-corrected chi connectivity index (χ1v) is 8.97. The second-order valence-corrected chi connectivity index (χ2v) is 7.42. The van der Waals surface area contributed by atoms with Crippen molar-refractivity contribution >= 4 is 10.0 Å². The lowest BCUT2D eigenvalue weighted by atomic mass is 10.2. The molecule has 1 aliphatic heterocycles. The van der Waals surface area contributed by atoms with E-state index in [1.54, 1.807) is 0 Å². The van der Waals surface area contributed by atoms with Crippen LogP contribution in [0.15, 0.2) is 30.3 Å². The Morgan fingerprint density at radius 1 is 1.20 bits per heavy atom. The molecule has 1 N–H and O–H groups in total. The summed E-state index contributed by atoms with van der Waals surface area (Å²) < 4.78 is 26.7.